The molecule has 24 heavy (non-hydrogen) atoms. The van der Waals surface area contributed by atoms with Crippen LogP contribution in [0.5, 0.6) is 0 Å². The number of furan rings is 1. The third-order valence-corrected chi connectivity index (χ3v) is 3.29. The van der Waals surface area contributed by atoms with Crippen LogP contribution in [0.25, 0.3) is 11.3 Å². The van der Waals surface area contributed by atoms with Crippen LogP contribution in [0.1, 0.15) is 21.8 Å². The SMILES string of the molecule is Cc1ccc(C(=O)N/N=C/c2ccc(-c3ccc(F)cc3)o2)cn1. The number of aromatic nitrogens is 1. The van der Waals surface area contributed by atoms with Crippen LogP contribution >= 0.6 is 0 Å². The molecule has 3 rings (SSSR count). The van der Waals surface area contributed by atoms with Gasteiger partial charge in [-0.3, -0.25) is 9.78 Å². The fraction of sp³-hybridized carbons (Fsp3) is 0.0556. The van der Waals surface area contributed by atoms with E-state index in [9.17, 15) is 9.18 Å². The van der Waals surface area contributed by atoms with Crippen molar-refractivity contribution in [3.63, 3.8) is 0 Å². The highest BCUT2D eigenvalue weighted by Gasteiger charge is 2.05. The lowest BCUT2D eigenvalue weighted by Crippen LogP contribution is -2.17. The van der Waals surface area contributed by atoms with Crippen molar-refractivity contribution in [2.24, 2.45) is 5.10 Å². The summed E-state index contributed by atoms with van der Waals surface area (Å²) in [6, 6.07) is 12.9. The first-order chi connectivity index (χ1) is 11.6. The van der Waals surface area contributed by atoms with Gasteiger partial charge in [-0.05, 0) is 55.5 Å². The molecule has 0 bridgehead atoms. The number of hydrazone groups is 1. The lowest BCUT2D eigenvalue weighted by molar-refractivity contribution is 0.0954. The first-order valence-electron chi connectivity index (χ1n) is 7.24. The molecule has 0 spiro atoms. The maximum Gasteiger partial charge on any atom is 0.272 e. The van der Waals surface area contributed by atoms with Crippen molar-refractivity contribution in [2.45, 2.75) is 6.92 Å². The summed E-state index contributed by atoms with van der Waals surface area (Å²) in [4.78, 5) is 15.9. The van der Waals surface area contributed by atoms with Gasteiger partial charge in [0.1, 0.15) is 17.3 Å². The zero-order chi connectivity index (χ0) is 16.9. The standard InChI is InChI=1S/C18H14FN3O2/c1-12-2-3-14(10-20-12)18(23)22-21-11-16-8-9-17(24-16)13-4-6-15(19)7-5-13/h2-11H,1H3,(H,22,23)/b21-11+. The minimum atomic E-state index is -0.357. The summed E-state index contributed by atoms with van der Waals surface area (Å²) < 4.78 is 18.5. The zero-order valence-electron chi connectivity index (χ0n) is 12.9. The highest BCUT2D eigenvalue weighted by Crippen LogP contribution is 2.21. The van der Waals surface area contributed by atoms with E-state index in [4.69, 9.17) is 4.42 Å². The molecule has 0 unspecified atom stereocenters. The monoisotopic (exact) mass is 323 g/mol. The Morgan fingerprint density at radius 1 is 1.17 bits per heavy atom. The largest absolute Gasteiger partial charge is 0.455 e. The molecular weight excluding hydrogens is 309 g/mol. The van der Waals surface area contributed by atoms with Crippen molar-refractivity contribution >= 4 is 12.1 Å². The number of nitrogens with zero attached hydrogens (tertiary/aromatic N) is 2. The Labute approximate surface area is 137 Å². The smallest absolute Gasteiger partial charge is 0.272 e. The predicted octanol–water partition coefficient (Wildman–Crippen LogP) is 3.55. The number of hydrogen-bond donors (Lipinski definition) is 1. The second-order valence-electron chi connectivity index (χ2n) is 5.10. The Hall–Kier alpha value is -3.28. The molecule has 0 aliphatic heterocycles. The van der Waals surface area contributed by atoms with E-state index in [-0.39, 0.29) is 11.7 Å². The summed E-state index contributed by atoms with van der Waals surface area (Å²) in [5.74, 6) is 0.395. The van der Waals surface area contributed by atoms with Gasteiger partial charge in [0.2, 0.25) is 0 Å². The van der Waals surface area contributed by atoms with Crippen LogP contribution in [0.3, 0.4) is 0 Å². The van der Waals surface area contributed by atoms with E-state index in [1.807, 2.05) is 6.92 Å². The van der Waals surface area contributed by atoms with Crippen molar-refractivity contribution in [1.29, 1.82) is 0 Å². The van der Waals surface area contributed by atoms with Crippen LogP contribution in [0, 0.1) is 12.7 Å². The number of carbonyl (C=O) groups is 1. The molecule has 0 fully saturated rings. The average molecular weight is 323 g/mol. The molecule has 5 nitrogen and oxygen atoms in total. The fourth-order valence-electron chi connectivity index (χ4n) is 2.01. The fourth-order valence-corrected chi connectivity index (χ4v) is 2.01. The number of carbonyl (C=O) groups excluding carboxylic acids is 1. The lowest BCUT2D eigenvalue weighted by atomic mass is 10.2. The van der Waals surface area contributed by atoms with Crippen molar-refractivity contribution in [3.05, 3.63) is 77.6 Å². The van der Waals surface area contributed by atoms with Crippen LogP contribution in [-0.2, 0) is 0 Å². The summed E-state index contributed by atoms with van der Waals surface area (Å²) in [6.07, 6.45) is 2.88. The zero-order valence-corrected chi connectivity index (χ0v) is 12.9. The Balaban J connectivity index is 1.64. The van der Waals surface area contributed by atoms with Gasteiger partial charge < -0.3 is 4.42 Å². The van der Waals surface area contributed by atoms with Gasteiger partial charge in [-0.1, -0.05) is 0 Å². The van der Waals surface area contributed by atoms with E-state index in [0.29, 0.717) is 17.1 Å². The maximum atomic E-state index is 12.9. The van der Waals surface area contributed by atoms with Gasteiger partial charge in [-0.15, -0.1) is 0 Å². The summed E-state index contributed by atoms with van der Waals surface area (Å²) >= 11 is 0. The van der Waals surface area contributed by atoms with Gasteiger partial charge in [0.15, 0.2) is 0 Å². The number of hydrogen-bond acceptors (Lipinski definition) is 4. The van der Waals surface area contributed by atoms with E-state index < -0.39 is 0 Å². The van der Waals surface area contributed by atoms with Crippen molar-refractivity contribution in [1.82, 2.24) is 10.4 Å². The van der Waals surface area contributed by atoms with Gasteiger partial charge in [0, 0.05) is 17.5 Å². The number of aryl methyl sites for hydroxylation is 1. The summed E-state index contributed by atoms with van der Waals surface area (Å²) in [6.45, 7) is 1.84. The van der Waals surface area contributed by atoms with E-state index in [1.165, 1.54) is 24.5 Å². The number of benzene rings is 1. The Morgan fingerprint density at radius 2 is 1.96 bits per heavy atom. The molecular formula is C18H14FN3O2. The molecule has 0 radical (unpaired) electrons. The van der Waals surface area contributed by atoms with Crippen molar-refractivity contribution in [3.8, 4) is 11.3 Å². The van der Waals surface area contributed by atoms with Gasteiger partial charge >= 0.3 is 0 Å². The molecule has 0 aliphatic rings. The van der Waals surface area contributed by atoms with Gasteiger partial charge in [-0.2, -0.15) is 5.10 Å². The molecule has 120 valence electrons. The first kappa shape index (κ1) is 15.6. The number of halogens is 1. The van der Waals surface area contributed by atoms with E-state index >= 15 is 0 Å². The molecule has 6 heteroatoms. The van der Waals surface area contributed by atoms with Crippen molar-refractivity contribution in [2.75, 3.05) is 0 Å². The van der Waals surface area contributed by atoms with Gasteiger partial charge in [0.25, 0.3) is 5.91 Å². The normalized spacial score (nSPS) is 10.9. The average Bonchev–Trinajstić information content (AvgIpc) is 3.05. The summed E-state index contributed by atoms with van der Waals surface area (Å²) in [5, 5.41) is 3.86. The Morgan fingerprint density at radius 3 is 2.67 bits per heavy atom. The third-order valence-electron chi connectivity index (χ3n) is 3.29. The van der Waals surface area contributed by atoms with Crippen LogP contribution in [-0.4, -0.2) is 17.1 Å². The lowest BCUT2D eigenvalue weighted by Gasteiger charge is -1.99. The third kappa shape index (κ3) is 3.73. The van der Waals surface area contributed by atoms with Gasteiger partial charge in [-0.25, -0.2) is 9.82 Å². The van der Waals surface area contributed by atoms with E-state index in [0.717, 1.165) is 11.3 Å². The topological polar surface area (TPSA) is 67.5 Å². The minimum Gasteiger partial charge on any atom is -0.455 e. The second kappa shape index (κ2) is 6.87. The Bertz CT molecular complexity index is 868. The molecule has 0 aliphatic carbocycles. The van der Waals surface area contributed by atoms with Crippen LogP contribution in [0.2, 0.25) is 0 Å². The van der Waals surface area contributed by atoms with E-state index in [2.05, 4.69) is 15.5 Å². The molecule has 2 aromatic heterocycles. The summed E-state index contributed by atoms with van der Waals surface area (Å²) in [5.41, 5.74) is 4.41. The number of rotatable bonds is 4. The number of amides is 1. The molecule has 1 N–H and O–H groups in total. The second-order valence-corrected chi connectivity index (χ2v) is 5.10. The van der Waals surface area contributed by atoms with Crippen molar-refractivity contribution < 1.29 is 13.6 Å². The molecule has 3 aromatic rings. The van der Waals surface area contributed by atoms with Crippen LogP contribution in [0.4, 0.5) is 4.39 Å². The van der Waals surface area contributed by atoms with Gasteiger partial charge in [0.05, 0.1) is 11.8 Å². The Kier molecular flexibility index (Phi) is 4.47. The van der Waals surface area contributed by atoms with E-state index in [1.54, 1.807) is 36.4 Å². The molecule has 0 saturated carbocycles. The number of nitrogens with one attached hydrogen (secondary N) is 1. The molecule has 1 amide bonds. The highest BCUT2D eigenvalue weighted by molar-refractivity contribution is 5.94. The highest BCUT2D eigenvalue weighted by atomic mass is 19.1. The first-order valence-corrected chi connectivity index (χ1v) is 7.24. The molecule has 0 atom stereocenters. The molecule has 2 heterocycles. The minimum absolute atomic E-state index is 0.305. The molecule has 1 aromatic carbocycles. The summed E-state index contributed by atoms with van der Waals surface area (Å²) in [7, 11) is 0. The van der Waals surface area contributed by atoms with Crippen LogP contribution in [0.15, 0.2) is 64.2 Å². The number of pyridine rings is 1. The van der Waals surface area contributed by atoms with Crippen LogP contribution < -0.4 is 5.43 Å². The quantitative estimate of drug-likeness (QED) is 0.590. The predicted molar refractivity (Wildman–Crippen MR) is 88.1 cm³/mol. The maximum absolute atomic E-state index is 12.9. The molecule has 0 saturated heterocycles.